The van der Waals surface area contributed by atoms with Crippen LogP contribution in [0.1, 0.15) is 29.0 Å². The van der Waals surface area contributed by atoms with Gasteiger partial charge in [0.1, 0.15) is 6.04 Å². The molecule has 0 saturated carbocycles. The third-order valence-corrected chi connectivity index (χ3v) is 3.83. The Balaban J connectivity index is 2.46. The number of alkyl halides is 6. The fourth-order valence-electron chi connectivity index (χ4n) is 2.78. The molecule has 1 aromatic rings. The largest absolute Gasteiger partial charge is 0.417 e. The summed E-state index contributed by atoms with van der Waals surface area (Å²) in [4.78, 5) is 0. The molecule has 3 nitrogen and oxygen atoms in total. The molecule has 1 heterocycles. The van der Waals surface area contributed by atoms with E-state index in [4.69, 9.17) is 10.4 Å². The Bertz CT molecular complexity index is 619. The highest BCUT2D eigenvalue weighted by Crippen LogP contribution is 2.41. The number of benzene rings is 1. The minimum absolute atomic E-state index is 0.149. The molecule has 126 valence electrons. The van der Waals surface area contributed by atoms with Crippen LogP contribution < -0.4 is 5.32 Å². The topological polar surface area (TPSA) is 56.0 Å². The van der Waals surface area contributed by atoms with E-state index < -0.39 is 48.1 Å². The summed E-state index contributed by atoms with van der Waals surface area (Å²) in [6.45, 7) is -0.550. The Labute approximate surface area is 127 Å². The third-order valence-electron chi connectivity index (χ3n) is 3.83. The van der Waals surface area contributed by atoms with Gasteiger partial charge in [0.15, 0.2) is 0 Å². The zero-order valence-corrected chi connectivity index (χ0v) is 11.5. The second kappa shape index (κ2) is 6.02. The molecule has 1 unspecified atom stereocenters. The van der Waals surface area contributed by atoms with Crippen LogP contribution in [0.5, 0.6) is 0 Å². The van der Waals surface area contributed by atoms with Crippen LogP contribution in [0.3, 0.4) is 0 Å². The van der Waals surface area contributed by atoms with Gasteiger partial charge in [0.2, 0.25) is 0 Å². The third kappa shape index (κ3) is 3.59. The van der Waals surface area contributed by atoms with Gasteiger partial charge in [0, 0.05) is 12.0 Å². The molecule has 2 rings (SSSR count). The summed E-state index contributed by atoms with van der Waals surface area (Å²) >= 11 is 0. The van der Waals surface area contributed by atoms with Gasteiger partial charge in [-0.3, -0.25) is 0 Å². The van der Waals surface area contributed by atoms with Crippen LogP contribution in [0, 0.1) is 11.3 Å². The highest BCUT2D eigenvalue weighted by atomic mass is 19.4. The van der Waals surface area contributed by atoms with Gasteiger partial charge in [0.25, 0.3) is 0 Å². The number of nitriles is 1. The number of aliphatic hydroxyl groups excluding tert-OH is 1. The first-order valence-corrected chi connectivity index (χ1v) is 6.62. The molecule has 1 aliphatic rings. The number of hydrogen-bond acceptors (Lipinski definition) is 3. The maximum absolute atomic E-state index is 13.1. The molecule has 0 amide bonds. The van der Waals surface area contributed by atoms with Crippen molar-refractivity contribution in [3.05, 3.63) is 34.9 Å². The first-order chi connectivity index (χ1) is 10.6. The van der Waals surface area contributed by atoms with Crippen molar-refractivity contribution < 1.29 is 31.4 Å². The van der Waals surface area contributed by atoms with Crippen LogP contribution >= 0.6 is 0 Å². The van der Waals surface area contributed by atoms with Gasteiger partial charge in [0.05, 0.1) is 23.8 Å². The predicted molar refractivity (Wildman–Crippen MR) is 67.4 cm³/mol. The van der Waals surface area contributed by atoms with Crippen LogP contribution in [0.25, 0.3) is 0 Å². The number of aliphatic hydroxyl groups is 1. The Morgan fingerprint density at radius 2 is 1.87 bits per heavy atom. The van der Waals surface area contributed by atoms with Crippen molar-refractivity contribution in [1.29, 1.82) is 5.26 Å². The van der Waals surface area contributed by atoms with Crippen molar-refractivity contribution in [1.82, 2.24) is 5.32 Å². The fourth-order valence-corrected chi connectivity index (χ4v) is 2.78. The molecule has 0 bridgehead atoms. The Morgan fingerprint density at radius 1 is 1.22 bits per heavy atom. The molecule has 0 aliphatic carbocycles. The van der Waals surface area contributed by atoms with Gasteiger partial charge in [-0.1, -0.05) is 6.07 Å². The summed E-state index contributed by atoms with van der Waals surface area (Å²) in [5, 5.41) is 19.9. The number of nitrogens with zero attached hydrogens (tertiary/aromatic N) is 1. The average Bonchev–Trinajstić information content (AvgIpc) is 2.90. The second-order valence-electron chi connectivity index (χ2n) is 5.32. The molecule has 0 radical (unpaired) electrons. The molecule has 0 aromatic heterocycles. The maximum Gasteiger partial charge on any atom is 0.417 e. The van der Waals surface area contributed by atoms with Crippen molar-refractivity contribution >= 4 is 0 Å². The Hall–Kier alpha value is -1.79. The standard InChI is InChI=1S/C14H12F6N2O/c15-13(16,17)11-3-7(1-2-8(11)5-21)10-4-9(6-23)22-12(10)14(18,19)20/h1-3,9-10,12,22-23H,4,6H2/t9-,10?,12-/m0/s1. The van der Waals surface area contributed by atoms with Crippen LogP contribution in [0.15, 0.2) is 18.2 Å². The molecule has 1 saturated heterocycles. The zero-order valence-electron chi connectivity index (χ0n) is 11.5. The van der Waals surface area contributed by atoms with E-state index in [1.807, 2.05) is 0 Å². The van der Waals surface area contributed by atoms with Crippen LogP contribution in [0.4, 0.5) is 26.3 Å². The highest BCUT2D eigenvalue weighted by molar-refractivity contribution is 5.43. The fraction of sp³-hybridized carbons (Fsp3) is 0.500. The van der Waals surface area contributed by atoms with E-state index in [9.17, 15) is 26.3 Å². The van der Waals surface area contributed by atoms with Crippen molar-refractivity contribution in [2.75, 3.05) is 6.61 Å². The number of halogens is 6. The van der Waals surface area contributed by atoms with E-state index in [1.54, 1.807) is 0 Å². The molecule has 1 aromatic carbocycles. The van der Waals surface area contributed by atoms with E-state index in [2.05, 4.69) is 5.32 Å². The lowest BCUT2D eigenvalue weighted by molar-refractivity contribution is -0.156. The lowest BCUT2D eigenvalue weighted by atomic mass is 9.88. The molecule has 1 aliphatic heterocycles. The summed E-state index contributed by atoms with van der Waals surface area (Å²) in [6, 6.07) is 1.04. The van der Waals surface area contributed by atoms with Crippen molar-refractivity contribution in [3.8, 4) is 6.07 Å². The van der Waals surface area contributed by atoms with Gasteiger partial charge in [-0.25, -0.2) is 0 Å². The monoisotopic (exact) mass is 338 g/mol. The minimum atomic E-state index is -4.84. The van der Waals surface area contributed by atoms with E-state index in [0.717, 1.165) is 12.1 Å². The van der Waals surface area contributed by atoms with Crippen molar-refractivity contribution in [2.24, 2.45) is 0 Å². The smallest absolute Gasteiger partial charge is 0.395 e. The first-order valence-electron chi connectivity index (χ1n) is 6.62. The predicted octanol–water partition coefficient (Wildman–Crippen LogP) is 2.95. The number of hydrogen-bond donors (Lipinski definition) is 2. The molecule has 9 heteroatoms. The van der Waals surface area contributed by atoms with Gasteiger partial charge in [-0.15, -0.1) is 0 Å². The van der Waals surface area contributed by atoms with E-state index >= 15 is 0 Å². The van der Waals surface area contributed by atoms with Crippen LogP contribution in [-0.4, -0.2) is 30.0 Å². The number of nitrogens with one attached hydrogen (secondary N) is 1. The molecule has 2 N–H and O–H groups in total. The SMILES string of the molecule is N#Cc1ccc(C2C[C@@H](CO)N[C@@H]2C(F)(F)F)cc1C(F)(F)F. The Morgan fingerprint density at radius 3 is 2.35 bits per heavy atom. The van der Waals surface area contributed by atoms with Crippen molar-refractivity contribution in [2.45, 2.75) is 36.8 Å². The van der Waals surface area contributed by atoms with Gasteiger partial charge in [-0.05, 0) is 24.1 Å². The van der Waals surface area contributed by atoms with Gasteiger partial charge < -0.3 is 10.4 Å². The summed E-state index contributed by atoms with van der Waals surface area (Å²) in [5.41, 5.74) is -2.07. The van der Waals surface area contributed by atoms with Gasteiger partial charge >= 0.3 is 12.4 Å². The van der Waals surface area contributed by atoms with E-state index in [0.29, 0.717) is 6.07 Å². The van der Waals surface area contributed by atoms with Gasteiger partial charge in [-0.2, -0.15) is 31.6 Å². The average molecular weight is 338 g/mol. The molecule has 23 heavy (non-hydrogen) atoms. The molecule has 0 spiro atoms. The molecule has 1 fully saturated rings. The Kier molecular flexibility index (Phi) is 4.59. The molecular formula is C14H12F6N2O. The zero-order chi connectivity index (χ0) is 17.4. The van der Waals surface area contributed by atoms with E-state index in [-0.39, 0.29) is 12.0 Å². The van der Waals surface area contributed by atoms with Crippen LogP contribution in [-0.2, 0) is 6.18 Å². The quantitative estimate of drug-likeness (QED) is 0.815. The first kappa shape index (κ1) is 17.6. The minimum Gasteiger partial charge on any atom is -0.395 e. The summed E-state index contributed by atoms with van der Waals surface area (Å²) in [6.07, 6.45) is -9.65. The molecular weight excluding hydrogens is 326 g/mol. The lowest BCUT2D eigenvalue weighted by Crippen LogP contribution is -2.43. The summed E-state index contributed by atoms with van der Waals surface area (Å²) < 4.78 is 78.0. The second-order valence-corrected chi connectivity index (χ2v) is 5.32. The summed E-state index contributed by atoms with van der Waals surface area (Å²) in [5.74, 6) is -1.26. The normalized spacial score (nSPS) is 25.4. The van der Waals surface area contributed by atoms with Crippen LogP contribution in [0.2, 0.25) is 0 Å². The highest BCUT2D eigenvalue weighted by Gasteiger charge is 2.50. The maximum atomic E-state index is 13.1. The lowest BCUT2D eigenvalue weighted by Gasteiger charge is -2.23. The van der Waals surface area contributed by atoms with Crippen molar-refractivity contribution in [3.63, 3.8) is 0 Å². The van der Waals surface area contributed by atoms with E-state index in [1.165, 1.54) is 6.07 Å². The summed E-state index contributed by atoms with van der Waals surface area (Å²) in [7, 11) is 0. The molecule has 3 atom stereocenters. The number of rotatable bonds is 2.